The van der Waals surface area contributed by atoms with Crippen LogP contribution >= 0.6 is 11.6 Å². The first-order valence-electron chi connectivity index (χ1n) is 16.4. The number of nitro benzene ring substituents is 3. The highest BCUT2D eigenvalue weighted by Gasteiger charge is 2.31. The second-order valence-corrected chi connectivity index (χ2v) is 12.5. The molecule has 5 aromatic carbocycles. The molecule has 0 heterocycles. The van der Waals surface area contributed by atoms with Gasteiger partial charge in [0.05, 0.1) is 27.9 Å². The van der Waals surface area contributed by atoms with E-state index in [-0.39, 0.29) is 43.2 Å². The zero-order valence-corrected chi connectivity index (χ0v) is 30.0. The van der Waals surface area contributed by atoms with E-state index in [4.69, 9.17) is 11.6 Å². The first-order chi connectivity index (χ1) is 26.4. The summed E-state index contributed by atoms with van der Waals surface area (Å²) in [6.07, 6.45) is -8.65. The zero-order chi connectivity index (χ0) is 41.3. The molecule has 0 amide bonds. The second-order valence-electron chi connectivity index (χ2n) is 12.1. The number of benzene rings is 5. The molecule has 0 atom stereocenters. The van der Waals surface area contributed by atoms with Gasteiger partial charge in [-0.15, -0.1) is 0 Å². The monoisotopic (exact) mass is 805 g/mol. The quantitative estimate of drug-likeness (QED) is 0.0652. The van der Waals surface area contributed by atoms with Crippen LogP contribution in [0.4, 0.5) is 43.4 Å². The molecule has 56 heavy (non-hydrogen) atoms. The van der Waals surface area contributed by atoms with Crippen molar-refractivity contribution < 1.29 is 41.1 Å². The molecule has 0 aliphatic heterocycles. The van der Waals surface area contributed by atoms with Crippen LogP contribution in [0.5, 0.6) is 0 Å². The molecular formula is C38H34ClF6N5O6. The molecule has 5 rings (SSSR count). The Bertz CT molecular complexity index is 1970. The Labute approximate surface area is 321 Å². The van der Waals surface area contributed by atoms with Crippen LogP contribution in [0.15, 0.2) is 133 Å². The molecule has 0 aliphatic carbocycles. The summed E-state index contributed by atoms with van der Waals surface area (Å²) in [5, 5.41) is 31.8. The third-order valence-electron chi connectivity index (χ3n) is 7.45. The first kappa shape index (κ1) is 44.5. The Balaban J connectivity index is 0.000000247. The molecule has 0 spiro atoms. The number of halogens is 7. The van der Waals surface area contributed by atoms with Crippen molar-refractivity contribution in [2.24, 2.45) is 0 Å². The van der Waals surface area contributed by atoms with Crippen molar-refractivity contribution in [1.29, 1.82) is 0 Å². The van der Waals surface area contributed by atoms with Crippen molar-refractivity contribution in [2.75, 3.05) is 13.1 Å². The number of nitrogens with zero attached hydrogens (tertiary/aromatic N) is 5. The number of non-ortho nitro benzene ring substituents is 3. The number of para-hydroxylation sites is 1. The summed E-state index contributed by atoms with van der Waals surface area (Å²) in [7, 11) is 0. The van der Waals surface area contributed by atoms with Gasteiger partial charge in [0, 0.05) is 67.6 Å². The summed E-state index contributed by atoms with van der Waals surface area (Å²) >= 11 is 5.78. The third kappa shape index (κ3) is 17.5. The van der Waals surface area contributed by atoms with Gasteiger partial charge in [0.2, 0.25) is 0 Å². The molecule has 0 bridgehead atoms. The fourth-order valence-corrected chi connectivity index (χ4v) is 5.17. The van der Waals surface area contributed by atoms with E-state index in [1.807, 2.05) is 0 Å². The number of hydrogen-bond acceptors (Lipinski definition) is 8. The summed E-state index contributed by atoms with van der Waals surface area (Å²) in [5.41, 5.74) is 2.59. The lowest BCUT2D eigenvalue weighted by Crippen LogP contribution is -2.33. The average Bonchev–Trinajstić information content (AvgIpc) is 3.13. The SMILES string of the molecule is O=[N+]([O-])c1ccc(CN(Cc2ccc(Cl)cc2)CC(F)(F)F)cc1.O=[N+]([O-])c1ccc(CN(Cc2ccccc2)CC(F)(F)F)cc1.O=[N+]([O-])c1ccccc1. The molecule has 11 nitrogen and oxygen atoms in total. The molecule has 0 aromatic heterocycles. The summed E-state index contributed by atoms with van der Waals surface area (Å²) < 4.78 is 76.6. The molecule has 0 unspecified atom stereocenters. The topological polar surface area (TPSA) is 136 Å². The maximum atomic E-state index is 12.8. The highest BCUT2D eigenvalue weighted by Crippen LogP contribution is 2.23. The smallest absolute Gasteiger partial charge is 0.286 e. The predicted octanol–water partition coefficient (Wildman–Crippen LogP) is 10.6. The molecule has 0 radical (unpaired) electrons. The van der Waals surface area contributed by atoms with Crippen molar-refractivity contribution in [3.63, 3.8) is 0 Å². The second kappa shape index (κ2) is 21.3. The van der Waals surface area contributed by atoms with E-state index in [9.17, 15) is 56.7 Å². The van der Waals surface area contributed by atoms with Gasteiger partial charge in [-0.2, -0.15) is 26.3 Å². The Morgan fingerprint density at radius 3 is 0.982 bits per heavy atom. The fraction of sp³-hybridized carbons (Fsp3) is 0.211. The van der Waals surface area contributed by atoms with Crippen LogP contribution in [0.2, 0.25) is 5.02 Å². The Hall–Kier alpha value is -5.91. The molecular weight excluding hydrogens is 772 g/mol. The van der Waals surface area contributed by atoms with Gasteiger partial charge in [0.25, 0.3) is 17.1 Å². The number of nitro groups is 3. The van der Waals surface area contributed by atoms with Crippen LogP contribution in [-0.2, 0) is 26.2 Å². The van der Waals surface area contributed by atoms with Crippen LogP contribution in [-0.4, -0.2) is 50.0 Å². The average molecular weight is 806 g/mol. The van der Waals surface area contributed by atoms with Crippen LogP contribution in [0.25, 0.3) is 0 Å². The van der Waals surface area contributed by atoms with Crippen molar-refractivity contribution in [1.82, 2.24) is 9.80 Å². The van der Waals surface area contributed by atoms with Crippen LogP contribution < -0.4 is 0 Å². The lowest BCUT2D eigenvalue weighted by molar-refractivity contribution is -0.385. The van der Waals surface area contributed by atoms with Crippen LogP contribution in [0.3, 0.4) is 0 Å². The van der Waals surface area contributed by atoms with Gasteiger partial charge in [-0.3, -0.25) is 40.1 Å². The number of rotatable bonds is 13. The van der Waals surface area contributed by atoms with Gasteiger partial charge in [0.1, 0.15) is 0 Å². The Kier molecular flexibility index (Phi) is 16.9. The molecule has 0 fully saturated rings. The third-order valence-corrected chi connectivity index (χ3v) is 7.70. The molecule has 5 aromatic rings. The van der Waals surface area contributed by atoms with E-state index < -0.39 is 40.2 Å². The van der Waals surface area contributed by atoms with E-state index in [0.717, 1.165) is 5.56 Å². The Morgan fingerprint density at radius 2 is 0.696 bits per heavy atom. The highest BCUT2D eigenvalue weighted by atomic mass is 35.5. The van der Waals surface area contributed by atoms with E-state index in [2.05, 4.69) is 0 Å². The van der Waals surface area contributed by atoms with Crippen molar-refractivity contribution in [2.45, 2.75) is 38.5 Å². The van der Waals surface area contributed by atoms with Crippen molar-refractivity contribution in [3.8, 4) is 0 Å². The van der Waals surface area contributed by atoms with Crippen molar-refractivity contribution in [3.05, 3.63) is 191 Å². The highest BCUT2D eigenvalue weighted by molar-refractivity contribution is 6.30. The van der Waals surface area contributed by atoms with Gasteiger partial charge < -0.3 is 0 Å². The van der Waals surface area contributed by atoms with E-state index >= 15 is 0 Å². The molecule has 18 heteroatoms. The fourth-order valence-electron chi connectivity index (χ4n) is 5.04. The lowest BCUT2D eigenvalue weighted by atomic mass is 10.1. The first-order valence-corrected chi connectivity index (χ1v) is 16.8. The summed E-state index contributed by atoms with van der Waals surface area (Å²) in [5.74, 6) is 0. The minimum atomic E-state index is -4.34. The van der Waals surface area contributed by atoms with Crippen LogP contribution in [0, 0.1) is 30.3 Å². The zero-order valence-electron chi connectivity index (χ0n) is 29.3. The van der Waals surface area contributed by atoms with Crippen LogP contribution in [0.1, 0.15) is 22.3 Å². The standard InChI is InChI=1S/C16H14ClF3N2O2.C16H15F3N2O2.C6H5NO2/c17-14-5-1-12(2-6-14)9-21(11-16(18,19)20)10-13-3-7-15(8-4-13)22(23)24;17-16(18,19)12-20(10-13-4-2-1-3-5-13)11-14-6-8-15(9-7-14)21(22)23;8-7(9)6-4-2-1-3-5-6/h1-8H,9-11H2;1-9H,10-12H2;1-5H. The van der Waals surface area contributed by atoms with E-state index in [1.165, 1.54) is 70.5 Å². The largest absolute Gasteiger partial charge is 0.401 e. The minimum Gasteiger partial charge on any atom is -0.286 e. The summed E-state index contributed by atoms with van der Waals surface area (Å²) in [6, 6.07) is 34.4. The number of hydrogen-bond donors (Lipinski definition) is 0. The predicted molar refractivity (Wildman–Crippen MR) is 198 cm³/mol. The minimum absolute atomic E-state index is 0.0279. The maximum Gasteiger partial charge on any atom is 0.401 e. The molecule has 0 aliphatic rings. The molecule has 296 valence electrons. The van der Waals surface area contributed by atoms with Gasteiger partial charge in [-0.05, 0) is 34.4 Å². The normalized spacial score (nSPS) is 11.2. The van der Waals surface area contributed by atoms with E-state index in [0.29, 0.717) is 21.7 Å². The maximum absolute atomic E-state index is 12.8. The van der Waals surface area contributed by atoms with E-state index in [1.54, 1.807) is 72.8 Å². The van der Waals surface area contributed by atoms with Gasteiger partial charge in [-0.25, -0.2) is 0 Å². The molecule has 0 N–H and O–H groups in total. The lowest BCUT2D eigenvalue weighted by Gasteiger charge is -2.24. The summed E-state index contributed by atoms with van der Waals surface area (Å²) in [6.45, 7) is -1.79. The number of alkyl halides is 6. The van der Waals surface area contributed by atoms with Gasteiger partial charge in [-0.1, -0.05) is 96.5 Å². The van der Waals surface area contributed by atoms with Gasteiger partial charge >= 0.3 is 12.4 Å². The molecule has 0 saturated carbocycles. The summed E-state index contributed by atoms with van der Waals surface area (Å²) in [4.78, 5) is 32.2. The Morgan fingerprint density at radius 1 is 0.429 bits per heavy atom. The van der Waals surface area contributed by atoms with Crippen molar-refractivity contribution >= 4 is 28.7 Å². The van der Waals surface area contributed by atoms with Gasteiger partial charge in [0.15, 0.2) is 0 Å². The molecule has 0 saturated heterocycles.